The summed E-state index contributed by atoms with van der Waals surface area (Å²) in [6.07, 6.45) is 6.77. The molecule has 0 spiro atoms. The Balaban J connectivity index is 1.44. The average Bonchev–Trinajstić information content (AvgIpc) is 3.23. The maximum Gasteiger partial charge on any atom is 0.359 e. The van der Waals surface area contributed by atoms with E-state index in [1.807, 2.05) is 25.1 Å². The molecule has 3 aromatic rings. The number of halogens is 1. The van der Waals surface area contributed by atoms with E-state index in [1.54, 1.807) is 27.6 Å². The van der Waals surface area contributed by atoms with Gasteiger partial charge in [0.15, 0.2) is 12.3 Å². The summed E-state index contributed by atoms with van der Waals surface area (Å²) in [6, 6.07) is 11.9. The molecule has 162 valence electrons. The van der Waals surface area contributed by atoms with E-state index in [1.165, 1.54) is 12.1 Å². The van der Waals surface area contributed by atoms with E-state index in [0.717, 1.165) is 43.4 Å². The number of aryl methyl sites for hydroxylation is 1. The minimum atomic E-state index is -0.623. The molecular weight excluding hydrogens is 397 g/mol. The van der Waals surface area contributed by atoms with Crippen molar-refractivity contribution in [2.45, 2.75) is 51.6 Å². The first kappa shape index (κ1) is 21.0. The van der Waals surface area contributed by atoms with Gasteiger partial charge in [0.25, 0.3) is 5.91 Å². The average molecular weight is 423 g/mol. The predicted molar refractivity (Wildman–Crippen MR) is 114 cm³/mol. The second-order valence-electron chi connectivity index (χ2n) is 8.04. The number of aromatic nitrogens is 2. The summed E-state index contributed by atoms with van der Waals surface area (Å²) in [5.41, 5.74) is 2.62. The van der Waals surface area contributed by atoms with E-state index in [4.69, 9.17) is 4.74 Å². The molecule has 0 N–H and O–H groups in total. The highest BCUT2D eigenvalue weighted by Gasteiger charge is 2.27. The molecule has 0 atom stereocenters. The molecule has 0 unspecified atom stereocenters. The van der Waals surface area contributed by atoms with Gasteiger partial charge in [-0.25, -0.2) is 14.2 Å². The van der Waals surface area contributed by atoms with E-state index in [9.17, 15) is 14.0 Å². The van der Waals surface area contributed by atoms with Crippen molar-refractivity contribution in [2.24, 2.45) is 0 Å². The lowest BCUT2D eigenvalue weighted by atomic mass is 9.93. The fourth-order valence-corrected chi connectivity index (χ4v) is 4.13. The van der Waals surface area contributed by atoms with Gasteiger partial charge in [-0.3, -0.25) is 4.79 Å². The lowest BCUT2D eigenvalue weighted by molar-refractivity contribution is -0.138. The monoisotopic (exact) mass is 423 g/mol. The Labute approximate surface area is 180 Å². The van der Waals surface area contributed by atoms with Crippen molar-refractivity contribution in [3.63, 3.8) is 0 Å². The van der Waals surface area contributed by atoms with Crippen molar-refractivity contribution in [1.82, 2.24) is 14.3 Å². The molecule has 1 aliphatic carbocycles. The van der Waals surface area contributed by atoms with Crippen LogP contribution in [-0.2, 0) is 16.1 Å². The molecule has 2 aromatic heterocycles. The van der Waals surface area contributed by atoms with Gasteiger partial charge in [0.2, 0.25) is 0 Å². The summed E-state index contributed by atoms with van der Waals surface area (Å²) in [5, 5.41) is 0. The third-order valence-corrected chi connectivity index (χ3v) is 5.83. The highest BCUT2D eigenvalue weighted by molar-refractivity contribution is 5.90. The summed E-state index contributed by atoms with van der Waals surface area (Å²) < 4.78 is 20.4. The van der Waals surface area contributed by atoms with E-state index in [2.05, 4.69) is 4.98 Å². The van der Waals surface area contributed by atoms with Crippen molar-refractivity contribution >= 4 is 17.5 Å². The summed E-state index contributed by atoms with van der Waals surface area (Å²) in [6.45, 7) is 1.95. The van der Waals surface area contributed by atoms with Crippen LogP contribution in [-0.4, -0.2) is 38.8 Å². The number of imidazole rings is 1. The van der Waals surface area contributed by atoms with Gasteiger partial charge in [-0.2, -0.15) is 0 Å². The first-order chi connectivity index (χ1) is 15.0. The first-order valence-electron chi connectivity index (χ1n) is 10.7. The van der Waals surface area contributed by atoms with Crippen molar-refractivity contribution < 1.29 is 18.7 Å². The minimum absolute atomic E-state index is 0.0999. The van der Waals surface area contributed by atoms with Crippen LogP contribution in [0.3, 0.4) is 0 Å². The normalized spacial score (nSPS) is 14.5. The van der Waals surface area contributed by atoms with Crippen LogP contribution >= 0.6 is 0 Å². The summed E-state index contributed by atoms with van der Waals surface area (Å²) in [4.78, 5) is 31.6. The number of carbonyl (C=O) groups is 2. The van der Waals surface area contributed by atoms with E-state index in [0.29, 0.717) is 12.2 Å². The van der Waals surface area contributed by atoms with Crippen molar-refractivity contribution in [3.8, 4) is 0 Å². The number of ether oxygens (including phenoxy) is 1. The number of amides is 1. The zero-order valence-electron chi connectivity index (χ0n) is 17.6. The van der Waals surface area contributed by atoms with Crippen LogP contribution in [0.4, 0.5) is 4.39 Å². The summed E-state index contributed by atoms with van der Waals surface area (Å²) >= 11 is 0. The third-order valence-electron chi connectivity index (χ3n) is 5.83. The Bertz CT molecular complexity index is 1070. The third kappa shape index (κ3) is 4.93. The lowest BCUT2D eigenvalue weighted by Gasteiger charge is -2.34. The van der Waals surface area contributed by atoms with Crippen molar-refractivity contribution in [3.05, 3.63) is 71.4 Å². The number of hydrogen-bond donors (Lipinski definition) is 0. The number of rotatable bonds is 6. The Morgan fingerprint density at radius 1 is 1.13 bits per heavy atom. The number of benzene rings is 1. The lowest BCUT2D eigenvalue weighted by Crippen LogP contribution is -2.43. The van der Waals surface area contributed by atoms with Gasteiger partial charge in [0.05, 0.1) is 0 Å². The fraction of sp³-hybridized carbons (Fsp3) is 0.375. The SMILES string of the molecule is Cc1cccc2nc(C(=O)OCC(=O)N(Cc3ccc(F)cc3)C3CCCCC3)cn12. The molecule has 0 bridgehead atoms. The summed E-state index contributed by atoms with van der Waals surface area (Å²) in [5.74, 6) is -1.18. The topological polar surface area (TPSA) is 63.9 Å². The maximum atomic E-state index is 13.3. The molecular formula is C24H26FN3O3. The fourth-order valence-electron chi connectivity index (χ4n) is 4.13. The van der Waals surface area contributed by atoms with Crippen LogP contribution in [0.15, 0.2) is 48.7 Å². The quantitative estimate of drug-likeness (QED) is 0.555. The van der Waals surface area contributed by atoms with Crippen LogP contribution in [0.5, 0.6) is 0 Å². The standard InChI is InChI=1S/C24H26FN3O3/c1-17-6-5-9-22-26-21(15-27(17)22)24(30)31-16-23(29)28(20-7-3-2-4-8-20)14-18-10-12-19(25)13-11-18/h5-6,9-13,15,20H,2-4,7-8,14,16H2,1H3. The van der Waals surface area contributed by atoms with Gasteiger partial charge in [-0.1, -0.05) is 37.5 Å². The van der Waals surface area contributed by atoms with Gasteiger partial charge in [0.1, 0.15) is 11.5 Å². The molecule has 7 heteroatoms. The largest absolute Gasteiger partial charge is 0.451 e. The molecule has 31 heavy (non-hydrogen) atoms. The molecule has 1 amide bonds. The van der Waals surface area contributed by atoms with Gasteiger partial charge in [-0.05, 0) is 49.6 Å². The molecule has 1 aliphatic rings. The first-order valence-corrected chi connectivity index (χ1v) is 10.7. The van der Waals surface area contributed by atoms with Crippen LogP contribution in [0.25, 0.3) is 5.65 Å². The highest BCUT2D eigenvalue weighted by Crippen LogP contribution is 2.24. The smallest absolute Gasteiger partial charge is 0.359 e. The van der Waals surface area contributed by atoms with Crippen LogP contribution in [0.2, 0.25) is 0 Å². The van der Waals surface area contributed by atoms with Gasteiger partial charge >= 0.3 is 5.97 Å². The Kier molecular flexibility index (Phi) is 6.30. The molecule has 1 fully saturated rings. The van der Waals surface area contributed by atoms with Crippen LogP contribution in [0, 0.1) is 12.7 Å². The minimum Gasteiger partial charge on any atom is -0.451 e. The molecule has 4 rings (SSSR count). The zero-order chi connectivity index (χ0) is 21.8. The highest BCUT2D eigenvalue weighted by atomic mass is 19.1. The number of esters is 1. The Morgan fingerprint density at radius 2 is 1.87 bits per heavy atom. The number of pyridine rings is 1. The van der Waals surface area contributed by atoms with Gasteiger partial charge in [-0.15, -0.1) is 0 Å². The Hall–Kier alpha value is -3.22. The molecule has 1 saturated carbocycles. The summed E-state index contributed by atoms with van der Waals surface area (Å²) in [7, 11) is 0. The van der Waals surface area contributed by atoms with Gasteiger partial charge in [0, 0.05) is 24.5 Å². The Morgan fingerprint density at radius 3 is 2.58 bits per heavy atom. The van der Waals surface area contributed by atoms with E-state index in [-0.39, 0.29) is 30.1 Å². The molecule has 0 radical (unpaired) electrons. The maximum absolute atomic E-state index is 13.3. The number of fused-ring (bicyclic) bond motifs is 1. The van der Waals surface area contributed by atoms with Crippen LogP contribution in [0.1, 0.15) is 53.8 Å². The molecule has 1 aromatic carbocycles. The molecule has 2 heterocycles. The van der Waals surface area contributed by atoms with Gasteiger partial charge < -0.3 is 14.0 Å². The van der Waals surface area contributed by atoms with E-state index < -0.39 is 5.97 Å². The number of nitrogens with zero attached hydrogens (tertiary/aromatic N) is 3. The molecule has 6 nitrogen and oxygen atoms in total. The number of carbonyl (C=O) groups excluding carboxylic acids is 2. The molecule has 0 saturated heterocycles. The van der Waals surface area contributed by atoms with Crippen LogP contribution < -0.4 is 0 Å². The zero-order valence-corrected chi connectivity index (χ0v) is 17.6. The predicted octanol–water partition coefficient (Wildman–Crippen LogP) is 4.30. The van der Waals surface area contributed by atoms with Crippen molar-refractivity contribution in [1.29, 1.82) is 0 Å². The van der Waals surface area contributed by atoms with Crippen molar-refractivity contribution in [2.75, 3.05) is 6.61 Å². The van der Waals surface area contributed by atoms with E-state index >= 15 is 0 Å². The second kappa shape index (κ2) is 9.29. The second-order valence-corrected chi connectivity index (χ2v) is 8.04. The number of hydrogen-bond acceptors (Lipinski definition) is 4. The molecule has 0 aliphatic heterocycles.